The van der Waals surface area contributed by atoms with Gasteiger partial charge in [0, 0.05) is 18.4 Å². The van der Waals surface area contributed by atoms with Crippen LogP contribution in [-0.4, -0.2) is 27.7 Å². The lowest BCUT2D eigenvalue weighted by molar-refractivity contribution is 0.0950. The van der Waals surface area contributed by atoms with E-state index >= 15 is 0 Å². The molecule has 0 bridgehead atoms. The van der Waals surface area contributed by atoms with Gasteiger partial charge in [-0.05, 0) is 53.9 Å². The maximum atomic E-state index is 12.8. The summed E-state index contributed by atoms with van der Waals surface area (Å²) >= 11 is 12.8. The van der Waals surface area contributed by atoms with Crippen molar-refractivity contribution in [3.63, 3.8) is 0 Å². The SMILES string of the molecule is COc1ccc(Oc2c(Cl)ccc(C(=O)NCc3cccc(S(C)(=O)=O)c3)c2Cl)cc1C(C)C. The van der Waals surface area contributed by atoms with Gasteiger partial charge in [0.1, 0.15) is 11.5 Å². The lowest BCUT2D eigenvalue weighted by Crippen LogP contribution is -2.23. The molecule has 180 valence electrons. The topological polar surface area (TPSA) is 81.7 Å². The Balaban J connectivity index is 1.83. The molecular formula is C25H25Cl2NO5S. The van der Waals surface area contributed by atoms with Crippen molar-refractivity contribution < 1.29 is 22.7 Å². The van der Waals surface area contributed by atoms with Gasteiger partial charge >= 0.3 is 0 Å². The van der Waals surface area contributed by atoms with E-state index in [0.717, 1.165) is 17.6 Å². The van der Waals surface area contributed by atoms with E-state index < -0.39 is 15.7 Å². The number of ether oxygens (including phenoxy) is 2. The molecule has 0 atom stereocenters. The minimum absolute atomic E-state index is 0.0665. The molecule has 34 heavy (non-hydrogen) atoms. The molecule has 0 spiro atoms. The summed E-state index contributed by atoms with van der Waals surface area (Å²) in [4.78, 5) is 13.0. The molecule has 9 heteroatoms. The fraction of sp³-hybridized carbons (Fsp3) is 0.240. The number of hydrogen-bond donors (Lipinski definition) is 1. The molecule has 0 aliphatic carbocycles. The smallest absolute Gasteiger partial charge is 0.253 e. The Hall–Kier alpha value is -2.74. The largest absolute Gasteiger partial charge is 0.496 e. The predicted molar refractivity (Wildman–Crippen MR) is 134 cm³/mol. The minimum atomic E-state index is -3.35. The fourth-order valence-electron chi connectivity index (χ4n) is 3.31. The van der Waals surface area contributed by atoms with Crippen molar-refractivity contribution in [1.29, 1.82) is 0 Å². The number of rotatable bonds is 8. The van der Waals surface area contributed by atoms with Crippen molar-refractivity contribution in [3.8, 4) is 17.2 Å². The van der Waals surface area contributed by atoms with Gasteiger partial charge in [-0.2, -0.15) is 0 Å². The van der Waals surface area contributed by atoms with Gasteiger partial charge in [0.2, 0.25) is 0 Å². The highest BCUT2D eigenvalue weighted by molar-refractivity contribution is 7.90. The number of hydrogen-bond acceptors (Lipinski definition) is 5. The standard InChI is InChI=1S/C25H25Cl2NO5S/c1-15(2)20-13-17(8-11-22(20)32-3)33-24-21(26)10-9-19(23(24)27)25(29)28-14-16-6-5-7-18(12-16)34(4,30)31/h5-13,15H,14H2,1-4H3,(H,28,29). The van der Waals surface area contributed by atoms with Gasteiger partial charge in [0.05, 0.1) is 27.6 Å². The normalized spacial score (nSPS) is 11.4. The lowest BCUT2D eigenvalue weighted by atomic mass is 10.0. The monoisotopic (exact) mass is 521 g/mol. The summed E-state index contributed by atoms with van der Waals surface area (Å²) in [5.41, 5.74) is 1.77. The molecule has 0 aromatic heterocycles. The first-order valence-electron chi connectivity index (χ1n) is 10.4. The highest BCUT2D eigenvalue weighted by atomic mass is 35.5. The van der Waals surface area contributed by atoms with Crippen molar-refractivity contribution in [2.45, 2.75) is 31.2 Å². The molecule has 1 N–H and O–H groups in total. The van der Waals surface area contributed by atoms with Crippen LogP contribution in [0, 0.1) is 0 Å². The van der Waals surface area contributed by atoms with Crippen LogP contribution < -0.4 is 14.8 Å². The average Bonchev–Trinajstić information content (AvgIpc) is 2.79. The summed E-state index contributed by atoms with van der Waals surface area (Å²) in [6, 6.07) is 14.8. The zero-order chi connectivity index (χ0) is 25.0. The van der Waals surface area contributed by atoms with Crippen LogP contribution in [0.4, 0.5) is 0 Å². The summed E-state index contributed by atoms with van der Waals surface area (Å²) in [7, 11) is -1.74. The number of amides is 1. The molecule has 3 aromatic rings. The third-order valence-corrected chi connectivity index (χ3v) is 6.90. The van der Waals surface area contributed by atoms with E-state index in [4.69, 9.17) is 32.7 Å². The number of carbonyl (C=O) groups is 1. The van der Waals surface area contributed by atoms with Crippen LogP contribution in [0.1, 0.15) is 41.3 Å². The number of sulfone groups is 1. The molecule has 0 saturated carbocycles. The minimum Gasteiger partial charge on any atom is -0.496 e. The zero-order valence-electron chi connectivity index (χ0n) is 19.2. The molecule has 0 aliphatic heterocycles. The van der Waals surface area contributed by atoms with Gasteiger partial charge in [-0.15, -0.1) is 0 Å². The first-order valence-corrected chi connectivity index (χ1v) is 13.1. The van der Waals surface area contributed by atoms with Crippen molar-refractivity contribution in [2.24, 2.45) is 0 Å². The van der Waals surface area contributed by atoms with E-state index in [0.29, 0.717) is 11.3 Å². The van der Waals surface area contributed by atoms with Crippen LogP contribution in [0.2, 0.25) is 10.0 Å². The molecule has 0 radical (unpaired) electrons. The number of methoxy groups -OCH3 is 1. The Morgan fingerprint density at radius 3 is 2.44 bits per heavy atom. The number of benzene rings is 3. The Morgan fingerprint density at radius 2 is 1.79 bits per heavy atom. The van der Waals surface area contributed by atoms with Gasteiger partial charge in [0.15, 0.2) is 15.6 Å². The summed E-state index contributed by atoms with van der Waals surface area (Å²) in [5, 5.41) is 3.07. The Morgan fingerprint density at radius 1 is 1.06 bits per heavy atom. The summed E-state index contributed by atoms with van der Waals surface area (Å²) in [6.07, 6.45) is 1.13. The predicted octanol–water partition coefficient (Wildman–Crippen LogP) is 6.25. The van der Waals surface area contributed by atoms with E-state index in [9.17, 15) is 13.2 Å². The van der Waals surface area contributed by atoms with E-state index in [-0.39, 0.29) is 38.7 Å². The van der Waals surface area contributed by atoms with Gasteiger partial charge in [-0.3, -0.25) is 4.79 Å². The van der Waals surface area contributed by atoms with E-state index in [1.54, 1.807) is 31.4 Å². The van der Waals surface area contributed by atoms with Crippen LogP contribution in [-0.2, 0) is 16.4 Å². The third-order valence-electron chi connectivity index (χ3n) is 5.12. The van der Waals surface area contributed by atoms with Crippen molar-refractivity contribution in [1.82, 2.24) is 5.32 Å². The van der Waals surface area contributed by atoms with Gasteiger partial charge < -0.3 is 14.8 Å². The van der Waals surface area contributed by atoms with E-state index in [1.165, 1.54) is 24.3 Å². The molecule has 0 aliphatic rings. The molecule has 0 heterocycles. The first kappa shape index (κ1) is 25.9. The van der Waals surface area contributed by atoms with Crippen LogP contribution in [0.5, 0.6) is 17.2 Å². The molecule has 0 fully saturated rings. The number of carbonyl (C=O) groups excluding carboxylic acids is 1. The number of nitrogens with one attached hydrogen (secondary N) is 1. The van der Waals surface area contributed by atoms with E-state index in [1.807, 2.05) is 19.9 Å². The maximum Gasteiger partial charge on any atom is 0.253 e. The second-order valence-corrected chi connectivity index (χ2v) is 10.8. The highest BCUT2D eigenvalue weighted by Gasteiger charge is 2.19. The molecule has 1 amide bonds. The summed E-state index contributed by atoms with van der Waals surface area (Å²) in [6.45, 7) is 4.20. The summed E-state index contributed by atoms with van der Waals surface area (Å²) in [5.74, 6) is 1.16. The third kappa shape index (κ3) is 6.03. The van der Waals surface area contributed by atoms with Crippen LogP contribution in [0.15, 0.2) is 59.5 Å². The summed E-state index contributed by atoms with van der Waals surface area (Å²) < 4.78 is 34.9. The van der Waals surface area contributed by atoms with Crippen molar-refractivity contribution in [2.75, 3.05) is 13.4 Å². The fourth-order valence-corrected chi connectivity index (χ4v) is 4.53. The zero-order valence-corrected chi connectivity index (χ0v) is 21.5. The molecule has 3 rings (SSSR count). The van der Waals surface area contributed by atoms with Crippen LogP contribution in [0.3, 0.4) is 0 Å². The Bertz CT molecular complexity index is 1320. The average molecular weight is 522 g/mol. The first-order chi connectivity index (χ1) is 16.0. The Kier molecular flexibility index (Phi) is 8.13. The number of halogens is 2. The second kappa shape index (κ2) is 10.7. The highest BCUT2D eigenvalue weighted by Crippen LogP contribution is 2.40. The van der Waals surface area contributed by atoms with Gasteiger partial charge in [0.25, 0.3) is 5.91 Å². The quantitative estimate of drug-likeness (QED) is 0.378. The van der Waals surface area contributed by atoms with Crippen molar-refractivity contribution >= 4 is 38.9 Å². The van der Waals surface area contributed by atoms with Crippen LogP contribution >= 0.6 is 23.2 Å². The van der Waals surface area contributed by atoms with Gasteiger partial charge in [-0.25, -0.2) is 8.42 Å². The molecule has 0 unspecified atom stereocenters. The maximum absolute atomic E-state index is 12.8. The molecule has 6 nitrogen and oxygen atoms in total. The lowest BCUT2D eigenvalue weighted by Gasteiger charge is -2.16. The Labute approximate surface area is 209 Å². The van der Waals surface area contributed by atoms with Gasteiger partial charge in [-0.1, -0.05) is 49.2 Å². The van der Waals surface area contributed by atoms with E-state index in [2.05, 4.69) is 5.32 Å². The second-order valence-electron chi connectivity index (χ2n) is 8.00. The molecule has 0 saturated heterocycles. The molecular weight excluding hydrogens is 497 g/mol. The van der Waals surface area contributed by atoms with Crippen LogP contribution in [0.25, 0.3) is 0 Å². The van der Waals surface area contributed by atoms with Crippen molar-refractivity contribution in [3.05, 3.63) is 81.3 Å². The molecule has 3 aromatic carbocycles.